The number of fused-ring (bicyclic) bond motifs is 3. The summed E-state index contributed by atoms with van der Waals surface area (Å²) in [6, 6.07) is 63.8. The predicted octanol–water partition coefficient (Wildman–Crippen LogP) is 12.7. The Balaban J connectivity index is 1.04. The second-order valence-corrected chi connectivity index (χ2v) is 14.2. The van der Waals surface area contributed by atoms with Crippen molar-refractivity contribution in [3.63, 3.8) is 0 Å². The number of nitrogens with zero attached hydrogens (tertiary/aromatic N) is 3. The zero-order valence-electron chi connectivity index (χ0n) is 29.6. The molecule has 53 heavy (non-hydrogen) atoms. The predicted molar refractivity (Wildman–Crippen MR) is 217 cm³/mol. The first-order valence-electron chi connectivity index (χ1n) is 18.0. The third-order valence-corrected chi connectivity index (χ3v) is 10.6. The average molecular weight is 678 g/mol. The number of hydrogen-bond acceptors (Lipinski definition) is 3. The molecular weight excluding hydrogens is 643 g/mol. The molecule has 0 saturated heterocycles. The highest BCUT2D eigenvalue weighted by Gasteiger charge is 2.35. The summed E-state index contributed by atoms with van der Waals surface area (Å²) in [5.41, 5.74) is 17.3. The smallest absolute Gasteiger partial charge is 0.160 e. The van der Waals surface area contributed by atoms with E-state index in [1.807, 2.05) is 36.4 Å². The highest BCUT2D eigenvalue weighted by atomic mass is 14.9. The van der Waals surface area contributed by atoms with E-state index in [1.165, 1.54) is 33.4 Å². The van der Waals surface area contributed by atoms with Gasteiger partial charge >= 0.3 is 0 Å². The molecule has 1 heterocycles. The van der Waals surface area contributed by atoms with Crippen molar-refractivity contribution in [2.45, 2.75) is 19.3 Å². The van der Waals surface area contributed by atoms with Crippen molar-refractivity contribution < 1.29 is 0 Å². The monoisotopic (exact) mass is 677 g/mol. The lowest BCUT2D eigenvalue weighted by Crippen LogP contribution is -2.14. The SMILES string of the molecule is CC1(C)c2ccc(C#N)cc2-c2cc(-c3ccc(-c4nc(-c5ccccc5)cc(-c5ccc(-c6ccc(-c7ccccc7)cc6)cc5)n4)cc3)ccc21. The van der Waals surface area contributed by atoms with Crippen LogP contribution >= 0.6 is 0 Å². The molecule has 0 saturated carbocycles. The Morgan fingerprint density at radius 3 is 1.34 bits per heavy atom. The van der Waals surface area contributed by atoms with Crippen LogP contribution in [0.3, 0.4) is 0 Å². The van der Waals surface area contributed by atoms with Gasteiger partial charge in [0.15, 0.2) is 5.82 Å². The molecule has 0 atom stereocenters. The highest BCUT2D eigenvalue weighted by molar-refractivity contribution is 5.85. The van der Waals surface area contributed by atoms with Crippen molar-refractivity contribution in [3.05, 3.63) is 193 Å². The van der Waals surface area contributed by atoms with Crippen molar-refractivity contribution in [1.82, 2.24) is 9.97 Å². The van der Waals surface area contributed by atoms with Crippen molar-refractivity contribution >= 4 is 0 Å². The maximum Gasteiger partial charge on any atom is 0.160 e. The molecular formula is C50H35N3. The number of benzene rings is 7. The lowest BCUT2D eigenvalue weighted by Gasteiger charge is -2.21. The Kier molecular flexibility index (Phi) is 7.87. The van der Waals surface area contributed by atoms with E-state index in [1.54, 1.807) is 0 Å². The normalized spacial score (nSPS) is 12.5. The largest absolute Gasteiger partial charge is 0.228 e. The zero-order chi connectivity index (χ0) is 35.9. The number of hydrogen-bond donors (Lipinski definition) is 0. The molecule has 8 aromatic rings. The van der Waals surface area contributed by atoms with Crippen LogP contribution in [0.5, 0.6) is 0 Å². The van der Waals surface area contributed by atoms with E-state index in [-0.39, 0.29) is 5.41 Å². The average Bonchev–Trinajstić information content (AvgIpc) is 3.46. The molecule has 1 aliphatic rings. The summed E-state index contributed by atoms with van der Waals surface area (Å²) in [7, 11) is 0. The van der Waals surface area contributed by atoms with Gasteiger partial charge in [0.2, 0.25) is 0 Å². The molecule has 3 heteroatoms. The Morgan fingerprint density at radius 1 is 0.396 bits per heavy atom. The Bertz CT molecular complexity index is 2650. The molecule has 3 nitrogen and oxygen atoms in total. The summed E-state index contributed by atoms with van der Waals surface area (Å²) in [4.78, 5) is 10.2. The van der Waals surface area contributed by atoms with Crippen LogP contribution in [-0.2, 0) is 5.41 Å². The lowest BCUT2D eigenvalue weighted by molar-refractivity contribution is 0.660. The van der Waals surface area contributed by atoms with E-state index >= 15 is 0 Å². The molecule has 0 N–H and O–H groups in total. The minimum absolute atomic E-state index is 0.117. The van der Waals surface area contributed by atoms with Crippen molar-refractivity contribution in [2.75, 3.05) is 0 Å². The van der Waals surface area contributed by atoms with Crippen LogP contribution < -0.4 is 0 Å². The Labute approximate surface area is 310 Å². The van der Waals surface area contributed by atoms with Gasteiger partial charge < -0.3 is 0 Å². The van der Waals surface area contributed by atoms with Gasteiger partial charge in [-0.15, -0.1) is 0 Å². The zero-order valence-corrected chi connectivity index (χ0v) is 29.6. The first-order chi connectivity index (χ1) is 25.9. The first kappa shape index (κ1) is 32.0. The third kappa shape index (κ3) is 5.91. The molecule has 1 aliphatic carbocycles. The summed E-state index contributed by atoms with van der Waals surface area (Å²) in [5, 5.41) is 9.60. The van der Waals surface area contributed by atoms with Gasteiger partial charge in [-0.2, -0.15) is 5.26 Å². The van der Waals surface area contributed by atoms with Gasteiger partial charge in [0.05, 0.1) is 23.0 Å². The molecule has 0 amide bonds. The summed E-state index contributed by atoms with van der Waals surface area (Å²) < 4.78 is 0. The van der Waals surface area contributed by atoms with Gasteiger partial charge in [-0.3, -0.25) is 0 Å². The van der Waals surface area contributed by atoms with Crippen LogP contribution in [0.4, 0.5) is 0 Å². The van der Waals surface area contributed by atoms with Gasteiger partial charge in [-0.1, -0.05) is 166 Å². The van der Waals surface area contributed by atoms with Crippen LogP contribution in [0.15, 0.2) is 176 Å². The maximum absolute atomic E-state index is 9.60. The Morgan fingerprint density at radius 2 is 0.792 bits per heavy atom. The lowest BCUT2D eigenvalue weighted by atomic mass is 9.82. The van der Waals surface area contributed by atoms with Gasteiger partial charge in [0.1, 0.15) is 0 Å². The number of aromatic nitrogens is 2. The van der Waals surface area contributed by atoms with Crippen LogP contribution in [0, 0.1) is 11.3 Å². The van der Waals surface area contributed by atoms with Gasteiger partial charge in [-0.25, -0.2) is 9.97 Å². The van der Waals surface area contributed by atoms with E-state index < -0.39 is 0 Å². The molecule has 0 fully saturated rings. The minimum atomic E-state index is -0.117. The fourth-order valence-corrected chi connectivity index (χ4v) is 7.63. The van der Waals surface area contributed by atoms with Gasteiger partial charge in [-0.05, 0) is 79.9 Å². The molecule has 0 unspecified atom stereocenters. The topological polar surface area (TPSA) is 49.6 Å². The van der Waals surface area contributed by atoms with E-state index in [2.05, 4.69) is 159 Å². The molecule has 1 aromatic heterocycles. The summed E-state index contributed by atoms with van der Waals surface area (Å²) in [6.07, 6.45) is 0. The fraction of sp³-hybridized carbons (Fsp3) is 0.0600. The van der Waals surface area contributed by atoms with Crippen molar-refractivity contribution in [2.24, 2.45) is 0 Å². The van der Waals surface area contributed by atoms with Gasteiger partial charge in [0.25, 0.3) is 0 Å². The van der Waals surface area contributed by atoms with Crippen LogP contribution in [0.2, 0.25) is 0 Å². The Hall–Kier alpha value is -6.89. The third-order valence-electron chi connectivity index (χ3n) is 10.6. The number of nitriles is 1. The molecule has 0 radical (unpaired) electrons. The quantitative estimate of drug-likeness (QED) is 0.176. The van der Waals surface area contributed by atoms with Crippen LogP contribution in [0.25, 0.3) is 78.4 Å². The van der Waals surface area contributed by atoms with Crippen molar-refractivity contribution in [3.8, 4) is 84.5 Å². The number of rotatable bonds is 6. The highest BCUT2D eigenvalue weighted by Crippen LogP contribution is 2.50. The van der Waals surface area contributed by atoms with E-state index in [4.69, 9.17) is 9.97 Å². The van der Waals surface area contributed by atoms with E-state index in [9.17, 15) is 5.26 Å². The minimum Gasteiger partial charge on any atom is -0.228 e. The maximum atomic E-state index is 9.60. The molecule has 7 aromatic carbocycles. The molecule has 0 spiro atoms. The standard InChI is InChI=1S/C50H35N3/c1-50(2)45-27-13-33(32-51)29-43(45)44-30-42(26-28-46(44)50)38-20-24-41(25-21-38)49-52-47(39-11-7-4-8-12-39)31-48(53-49)40-22-18-37(19-23-40)36-16-14-35(15-17-36)34-9-5-3-6-10-34/h3-31H,1-2H3. The van der Waals surface area contributed by atoms with Crippen LogP contribution in [-0.4, -0.2) is 9.97 Å². The van der Waals surface area contributed by atoms with Gasteiger partial charge in [0, 0.05) is 22.1 Å². The second-order valence-electron chi connectivity index (χ2n) is 14.2. The second kappa shape index (κ2) is 13.0. The molecule has 9 rings (SSSR count). The molecule has 0 aliphatic heterocycles. The van der Waals surface area contributed by atoms with E-state index in [0.717, 1.165) is 50.3 Å². The molecule has 250 valence electrons. The summed E-state index contributed by atoms with van der Waals surface area (Å²) >= 11 is 0. The summed E-state index contributed by atoms with van der Waals surface area (Å²) in [5.74, 6) is 0.683. The first-order valence-corrected chi connectivity index (χ1v) is 18.0. The van der Waals surface area contributed by atoms with E-state index in [0.29, 0.717) is 11.4 Å². The van der Waals surface area contributed by atoms with Crippen LogP contribution in [0.1, 0.15) is 30.5 Å². The molecule has 0 bridgehead atoms. The fourth-order valence-electron chi connectivity index (χ4n) is 7.63. The summed E-state index contributed by atoms with van der Waals surface area (Å²) in [6.45, 7) is 4.52. The van der Waals surface area contributed by atoms with Crippen molar-refractivity contribution in [1.29, 1.82) is 5.26 Å².